The second-order valence-corrected chi connectivity index (χ2v) is 8.15. The van der Waals surface area contributed by atoms with Gasteiger partial charge < -0.3 is 15.5 Å². The Morgan fingerprint density at radius 3 is 2.62 bits per heavy atom. The van der Waals surface area contributed by atoms with Gasteiger partial charge in [-0.25, -0.2) is 10.6 Å². The van der Waals surface area contributed by atoms with E-state index in [1.54, 1.807) is 0 Å². The molecule has 2 aromatic carbocycles. The van der Waals surface area contributed by atoms with Gasteiger partial charge in [-0.3, -0.25) is 5.01 Å². The van der Waals surface area contributed by atoms with E-state index in [4.69, 9.17) is 16.0 Å². The summed E-state index contributed by atoms with van der Waals surface area (Å²) in [5, 5.41) is 12.2. The Labute approximate surface area is 171 Å². The largest absolute Gasteiger partial charge is 0.489 e. The first-order chi connectivity index (χ1) is 13.9. The summed E-state index contributed by atoms with van der Waals surface area (Å²) >= 11 is 0. The average Bonchev–Trinajstić information content (AvgIpc) is 3.59. The molecular weight excluding hydrogens is 364 g/mol. The van der Waals surface area contributed by atoms with Crippen LogP contribution in [0.3, 0.4) is 0 Å². The molecule has 0 atom stereocenters. The number of urea groups is 1. The van der Waals surface area contributed by atoms with Crippen molar-refractivity contribution in [3.63, 3.8) is 0 Å². The zero-order valence-corrected chi connectivity index (χ0v) is 17.0. The van der Waals surface area contributed by atoms with Crippen molar-refractivity contribution in [3.05, 3.63) is 58.7 Å². The molecule has 2 aromatic rings. The highest BCUT2D eigenvalue weighted by Gasteiger charge is 2.28. The highest BCUT2D eigenvalue weighted by atomic mass is 16.5. The predicted octanol–water partition coefficient (Wildman–Crippen LogP) is 4.57. The molecule has 0 bridgehead atoms. The smallest absolute Gasteiger partial charge is 0.335 e. The molecule has 0 spiro atoms. The number of nitrogens with zero attached hydrogens (tertiary/aromatic N) is 1. The van der Waals surface area contributed by atoms with E-state index < -0.39 is 0 Å². The van der Waals surface area contributed by atoms with Crippen molar-refractivity contribution in [2.24, 2.45) is 11.8 Å². The molecule has 29 heavy (non-hydrogen) atoms. The second kappa shape index (κ2) is 7.87. The molecule has 0 aromatic heterocycles. The van der Waals surface area contributed by atoms with Crippen molar-refractivity contribution in [2.75, 3.05) is 12.4 Å². The number of ether oxygens (including phenoxy) is 1. The Hall–Kier alpha value is -2.86. The molecule has 0 saturated heterocycles. The van der Waals surface area contributed by atoms with Gasteiger partial charge in [-0.15, -0.1) is 0 Å². The van der Waals surface area contributed by atoms with Crippen molar-refractivity contribution < 1.29 is 9.53 Å². The summed E-state index contributed by atoms with van der Waals surface area (Å²) in [6.45, 7) is 2.38. The summed E-state index contributed by atoms with van der Waals surface area (Å²) in [4.78, 5) is 12.1. The highest BCUT2D eigenvalue weighted by molar-refractivity contribution is 6.01. The molecule has 6 heteroatoms. The van der Waals surface area contributed by atoms with Crippen LogP contribution in [-0.4, -0.2) is 23.8 Å². The second-order valence-electron chi connectivity index (χ2n) is 8.15. The Bertz CT molecular complexity index is 946. The number of hydrogen-bond donors (Lipinski definition) is 3. The van der Waals surface area contributed by atoms with E-state index in [-0.39, 0.29) is 6.03 Å². The van der Waals surface area contributed by atoms with Gasteiger partial charge >= 0.3 is 6.03 Å². The number of nitrogens with two attached hydrogens (primary N) is 1. The standard InChI is InChI=1S/C23H28N4O2/c1-14-12-17(22(24)16-8-9-16)10-11-21(14)29-13-19-18(15-6-7-15)4-3-5-20(19)26-23(28)27(2)25/h3-5,10-12,15-16,24H,6-9,13,25H2,1-2H3,(H,26,28). The molecule has 2 saturated carbocycles. The Morgan fingerprint density at radius 2 is 2.00 bits per heavy atom. The number of benzene rings is 2. The number of nitrogens with one attached hydrogen (secondary N) is 2. The molecular formula is C23H28N4O2. The summed E-state index contributed by atoms with van der Waals surface area (Å²) in [5.74, 6) is 7.33. The minimum Gasteiger partial charge on any atom is -0.489 e. The minimum atomic E-state index is -0.363. The lowest BCUT2D eigenvalue weighted by Gasteiger charge is -2.19. The molecule has 4 N–H and O–H groups in total. The van der Waals surface area contributed by atoms with Gasteiger partial charge in [-0.2, -0.15) is 0 Å². The maximum atomic E-state index is 12.1. The third-order valence-corrected chi connectivity index (χ3v) is 5.63. The van der Waals surface area contributed by atoms with E-state index in [0.29, 0.717) is 18.4 Å². The number of aryl methyl sites for hydroxylation is 1. The van der Waals surface area contributed by atoms with Crippen LogP contribution in [0, 0.1) is 18.3 Å². The van der Waals surface area contributed by atoms with Crippen LogP contribution in [0.1, 0.15) is 53.9 Å². The Balaban J connectivity index is 1.54. The van der Waals surface area contributed by atoms with E-state index in [1.807, 2.05) is 37.3 Å². The fraction of sp³-hybridized carbons (Fsp3) is 0.391. The van der Waals surface area contributed by atoms with Crippen LogP contribution in [0.25, 0.3) is 0 Å². The van der Waals surface area contributed by atoms with Gasteiger partial charge in [0.2, 0.25) is 0 Å². The van der Waals surface area contributed by atoms with Crippen LogP contribution in [0.5, 0.6) is 5.75 Å². The number of carbonyl (C=O) groups is 1. The maximum Gasteiger partial charge on any atom is 0.335 e. The van der Waals surface area contributed by atoms with Gasteiger partial charge in [0.15, 0.2) is 0 Å². The Morgan fingerprint density at radius 1 is 1.24 bits per heavy atom. The monoisotopic (exact) mass is 392 g/mol. The van der Waals surface area contributed by atoms with Crippen molar-refractivity contribution in [2.45, 2.75) is 45.1 Å². The average molecular weight is 393 g/mol. The molecule has 0 unspecified atom stereocenters. The predicted molar refractivity (Wildman–Crippen MR) is 114 cm³/mol. The first kappa shape index (κ1) is 19.5. The molecule has 2 aliphatic carbocycles. The van der Waals surface area contributed by atoms with Crippen molar-refractivity contribution in [1.82, 2.24) is 5.01 Å². The lowest BCUT2D eigenvalue weighted by atomic mass is 10.0. The number of hydrogen-bond acceptors (Lipinski definition) is 4. The van der Waals surface area contributed by atoms with Gasteiger partial charge in [-0.1, -0.05) is 12.1 Å². The molecule has 2 aliphatic rings. The molecule has 6 nitrogen and oxygen atoms in total. The van der Waals surface area contributed by atoms with Crippen LogP contribution >= 0.6 is 0 Å². The molecule has 2 amide bonds. The maximum absolute atomic E-state index is 12.1. The molecule has 2 fully saturated rings. The fourth-order valence-corrected chi connectivity index (χ4v) is 3.60. The van der Waals surface area contributed by atoms with Gasteiger partial charge in [0.05, 0.1) is 0 Å². The van der Waals surface area contributed by atoms with Crippen LogP contribution in [0.2, 0.25) is 0 Å². The number of rotatable bonds is 7. The number of carbonyl (C=O) groups excluding carboxylic acids is 1. The van der Waals surface area contributed by atoms with Gasteiger partial charge in [0, 0.05) is 29.9 Å². The molecule has 0 radical (unpaired) electrons. The summed E-state index contributed by atoms with van der Waals surface area (Å²) < 4.78 is 6.17. The zero-order chi connectivity index (χ0) is 20.5. The molecule has 152 valence electrons. The van der Waals surface area contributed by atoms with Crippen LogP contribution in [-0.2, 0) is 6.61 Å². The quantitative estimate of drug-likeness (QED) is 0.279. The van der Waals surface area contributed by atoms with E-state index in [9.17, 15) is 4.79 Å². The van der Waals surface area contributed by atoms with Gasteiger partial charge in [0.25, 0.3) is 0 Å². The van der Waals surface area contributed by atoms with Crippen molar-refractivity contribution >= 4 is 17.4 Å². The highest BCUT2D eigenvalue weighted by Crippen LogP contribution is 2.43. The minimum absolute atomic E-state index is 0.363. The van der Waals surface area contributed by atoms with E-state index in [0.717, 1.165) is 64.5 Å². The van der Waals surface area contributed by atoms with E-state index in [1.165, 1.54) is 12.6 Å². The summed E-state index contributed by atoms with van der Waals surface area (Å²) in [7, 11) is 1.51. The van der Waals surface area contributed by atoms with E-state index >= 15 is 0 Å². The fourth-order valence-electron chi connectivity index (χ4n) is 3.60. The number of hydrazine groups is 1. The lowest BCUT2D eigenvalue weighted by Crippen LogP contribution is -2.37. The first-order valence-electron chi connectivity index (χ1n) is 10.2. The molecule has 4 rings (SSSR count). The summed E-state index contributed by atoms with van der Waals surface area (Å²) in [5.41, 5.74) is 5.70. The van der Waals surface area contributed by atoms with Gasteiger partial charge in [0.1, 0.15) is 12.4 Å². The van der Waals surface area contributed by atoms with Crippen LogP contribution in [0.15, 0.2) is 36.4 Å². The van der Waals surface area contributed by atoms with Gasteiger partial charge in [-0.05, 0) is 79.5 Å². The zero-order valence-electron chi connectivity index (χ0n) is 17.0. The summed E-state index contributed by atoms with van der Waals surface area (Å²) in [6, 6.07) is 11.6. The topological polar surface area (TPSA) is 91.4 Å². The van der Waals surface area contributed by atoms with Crippen molar-refractivity contribution in [3.8, 4) is 5.75 Å². The molecule has 0 heterocycles. The molecule has 0 aliphatic heterocycles. The van der Waals surface area contributed by atoms with Crippen molar-refractivity contribution in [1.29, 1.82) is 5.41 Å². The third-order valence-electron chi connectivity index (χ3n) is 5.63. The first-order valence-corrected chi connectivity index (χ1v) is 10.2. The third kappa shape index (κ3) is 4.43. The normalized spacial score (nSPS) is 15.7. The summed E-state index contributed by atoms with van der Waals surface area (Å²) in [6.07, 6.45) is 4.58. The lowest BCUT2D eigenvalue weighted by molar-refractivity contribution is 0.223. The number of amides is 2. The number of anilines is 1. The Kier molecular flexibility index (Phi) is 5.28. The van der Waals surface area contributed by atoms with Crippen LogP contribution in [0.4, 0.5) is 10.5 Å². The van der Waals surface area contributed by atoms with E-state index in [2.05, 4.69) is 11.4 Å². The van der Waals surface area contributed by atoms with Crippen LogP contribution < -0.4 is 15.9 Å². The SMILES string of the molecule is Cc1cc(C(=N)C2CC2)ccc1OCc1c(NC(=O)N(C)N)cccc1C1CC1.